The minimum atomic E-state index is -0.536. The van der Waals surface area contributed by atoms with Crippen LogP contribution in [-0.2, 0) is 4.79 Å². The molecule has 8 heteroatoms. The molecule has 3 rings (SSSR count). The molecular weight excluding hydrogens is 369 g/mol. The molecule has 0 radical (unpaired) electrons. The third kappa shape index (κ3) is 4.59. The standard InChI is InChI=1S/C19H16FN3O3S/c1-11(24)15-5-3-4-6-16(15)21-17(25)12(2)27-19-23-22-18(26-19)13-7-9-14(20)10-8-13/h3-10,12H,1-2H3,(H,21,25)/t12-/m0/s1. The number of nitrogens with one attached hydrogen (secondary N) is 1. The van der Waals surface area contributed by atoms with E-state index >= 15 is 0 Å². The average Bonchev–Trinajstić information content (AvgIpc) is 3.11. The Morgan fingerprint density at radius 2 is 1.81 bits per heavy atom. The molecule has 0 aliphatic heterocycles. The van der Waals surface area contributed by atoms with Crippen molar-refractivity contribution >= 4 is 29.1 Å². The molecule has 0 bridgehead atoms. The lowest BCUT2D eigenvalue weighted by Crippen LogP contribution is -2.23. The summed E-state index contributed by atoms with van der Waals surface area (Å²) < 4.78 is 18.5. The predicted octanol–water partition coefficient (Wildman–Crippen LogP) is 4.20. The van der Waals surface area contributed by atoms with Crippen LogP contribution in [0.5, 0.6) is 0 Å². The fourth-order valence-corrected chi connectivity index (χ4v) is 2.99. The van der Waals surface area contributed by atoms with Crippen LogP contribution in [0.3, 0.4) is 0 Å². The van der Waals surface area contributed by atoms with Crippen LogP contribution in [0.25, 0.3) is 11.5 Å². The number of aromatic nitrogens is 2. The SMILES string of the molecule is CC(=O)c1ccccc1NC(=O)[C@H](C)Sc1nnc(-c2ccc(F)cc2)o1. The van der Waals surface area contributed by atoms with E-state index < -0.39 is 5.25 Å². The van der Waals surface area contributed by atoms with Gasteiger partial charge in [-0.05, 0) is 50.2 Å². The highest BCUT2D eigenvalue weighted by Gasteiger charge is 2.20. The number of anilines is 1. The van der Waals surface area contributed by atoms with Crippen LogP contribution in [0.2, 0.25) is 0 Å². The van der Waals surface area contributed by atoms with Crippen LogP contribution in [0.15, 0.2) is 58.2 Å². The topological polar surface area (TPSA) is 85.1 Å². The number of hydrogen-bond acceptors (Lipinski definition) is 6. The molecule has 0 aliphatic carbocycles. The van der Waals surface area contributed by atoms with Crippen molar-refractivity contribution in [1.29, 1.82) is 0 Å². The molecule has 2 aromatic carbocycles. The quantitative estimate of drug-likeness (QED) is 0.506. The number of carbonyl (C=O) groups excluding carboxylic acids is 2. The van der Waals surface area contributed by atoms with Crippen molar-refractivity contribution < 1.29 is 18.4 Å². The number of benzene rings is 2. The molecule has 0 saturated carbocycles. The Balaban J connectivity index is 1.67. The maximum Gasteiger partial charge on any atom is 0.277 e. The smallest absolute Gasteiger partial charge is 0.277 e. The van der Waals surface area contributed by atoms with E-state index in [4.69, 9.17) is 4.42 Å². The molecule has 3 aromatic rings. The van der Waals surface area contributed by atoms with Crippen molar-refractivity contribution in [2.75, 3.05) is 5.32 Å². The Morgan fingerprint density at radius 1 is 1.11 bits per heavy atom. The summed E-state index contributed by atoms with van der Waals surface area (Å²) in [5.74, 6) is -0.543. The Morgan fingerprint density at radius 3 is 2.52 bits per heavy atom. The molecule has 138 valence electrons. The number of para-hydroxylation sites is 1. The summed E-state index contributed by atoms with van der Waals surface area (Å²) in [7, 11) is 0. The van der Waals surface area contributed by atoms with Gasteiger partial charge >= 0.3 is 0 Å². The van der Waals surface area contributed by atoms with Gasteiger partial charge in [-0.25, -0.2) is 4.39 Å². The summed E-state index contributed by atoms with van der Waals surface area (Å²) in [6, 6.07) is 12.5. The second-order valence-electron chi connectivity index (χ2n) is 5.73. The number of nitrogens with zero attached hydrogens (tertiary/aromatic N) is 2. The number of ketones is 1. The highest BCUT2D eigenvalue weighted by molar-refractivity contribution is 8.00. The van der Waals surface area contributed by atoms with E-state index in [-0.39, 0.29) is 28.6 Å². The molecule has 1 amide bonds. The van der Waals surface area contributed by atoms with Gasteiger partial charge in [-0.1, -0.05) is 23.9 Å². The molecule has 1 aromatic heterocycles. The molecule has 0 spiro atoms. The maximum atomic E-state index is 13.0. The van der Waals surface area contributed by atoms with Gasteiger partial charge in [0.25, 0.3) is 5.22 Å². The summed E-state index contributed by atoms with van der Waals surface area (Å²) in [4.78, 5) is 24.1. The first-order chi connectivity index (χ1) is 12.9. The van der Waals surface area contributed by atoms with Crippen molar-refractivity contribution in [1.82, 2.24) is 10.2 Å². The largest absolute Gasteiger partial charge is 0.411 e. The van der Waals surface area contributed by atoms with Crippen molar-refractivity contribution in [3.63, 3.8) is 0 Å². The summed E-state index contributed by atoms with van der Waals surface area (Å²) in [5, 5.41) is 10.3. The van der Waals surface area contributed by atoms with Crippen molar-refractivity contribution in [3.05, 3.63) is 59.9 Å². The first kappa shape index (κ1) is 18.8. The molecular formula is C19H16FN3O3S. The van der Waals surface area contributed by atoms with Crippen LogP contribution >= 0.6 is 11.8 Å². The second kappa shape index (κ2) is 8.13. The van der Waals surface area contributed by atoms with Crippen LogP contribution in [0.1, 0.15) is 24.2 Å². The van der Waals surface area contributed by atoms with Crippen LogP contribution in [0.4, 0.5) is 10.1 Å². The first-order valence-corrected chi connectivity index (χ1v) is 8.99. The zero-order valence-corrected chi connectivity index (χ0v) is 15.4. The fourth-order valence-electron chi connectivity index (χ4n) is 2.30. The molecule has 6 nitrogen and oxygen atoms in total. The molecule has 0 fully saturated rings. The average molecular weight is 385 g/mol. The van der Waals surface area contributed by atoms with E-state index in [9.17, 15) is 14.0 Å². The highest BCUT2D eigenvalue weighted by Crippen LogP contribution is 2.27. The maximum absolute atomic E-state index is 13.0. The van der Waals surface area contributed by atoms with E-state index in [1.165, 1.54) is 31.2 Å². The van der Waals surface area contributed by atoms with E-state index in [1.54, 1.807) is 31.2 Å². The van der Waals surface area contributed by atoms with Gasteiger partial charge in [-0.2, -0.15) is 0 Å². The number of halogens is 1. The van der Waals surface area contributed by atoms with Gasteiger partial charge in [0.15, 0.2) is 5.78 Å². The van der Waals surface area contributed by atoms with Crippen molar-refractivity contribution in [3.8, 4) is 11.5 Å². The van der Waals surface area contributed by atoms with Crippen LogP contribution in [-0.4, -0.2) is 27.1 Å². The van der Waals surface area contributed by atoms with Crippen molar-refractivity contribution in [2.24, 2.45) is 0 Å². The lowest BCUT2D eigenvalue weighted by molar-refractivity contribution is -0.115. The number of Topliss-reactive ketones (excluding diaryl/α,β-unsaturated/α-hetero) is 1. The molecule has 0 aliphatic rings. The third-order valence-electron chi connectivity index (χ3n) is 3.71. The lowest BCUT2D eigenvalue weighted by Gasteiger charge is -2.12. The van der Waals surface area contributed by atoms with E-state index in [1.807, 2.05) is 0 Å². The van der Waals surface area contributed by atoms with Gasteiger partial charge in [0.1, 0.15) is 5.82 Å². The number of thioether (sulfide) groups is 1. The van der Waals surface area contributed by atoms with Gasteiger partial charge in [0.05, 0.1) is 10.9 Å². The number of rotatable bonds is 6. The molecule has 1 atom stereocenters. The zero-order valence-electron chi connectivity index (χ0n) is 14.6. The molecule has 0 saturated heterocycles. The van der Waals surface area contributed by atoms with Crippen LogP contribution < -0.4 is 5.32 Å². The second-order valence-corrected chi connectivity index (χ2v) is 7.02. The monoisotopic (exact) mass is 385 g/mol. The summed E-state index contributed by atoms with van der Waals surface area (Å²) >= 11 is 1.09. The minimum absolute atomic E-state index is 0.132. The lowest BCUT2D eigenvalue weighted by atomic mass is 10.1. The van der Waals surface area contributed by atoms with Gasteiger partial charge < -0.3 is 9.73 Å². The number of amides is 1. The third-order valence-corrected chi connectivity index (χ3v) is 4.64. The first-order valence-electron chi connectivity index (χ1n) is 8.11. The normalized spacial score (nSPS) is 11.8. The predicted molar refractivity (Wildman–Crippen MR) is 100 cm³/mol. The Labute approximate surface area is 159 Å². The minimum Gasteiger partial charge on any atom is -0.411 e. The van der Waals surface area contributed by atoms with Gasteiger partial charge in [0.2, 0.25) is 11.8 Å². The summed E-state index contributed by atoms with van der Waals surface area (Å²) in [6.07, 6.45) is 0. The highest BCUT2D eigenvalue weighted by atomic mass is 32.2. The Kier molecular flexibility index (Phi) is 5.66. The molecule has 1 N–H and O–H groups in total. The van der Waals surface area contributed by atoms with E-state index in [0.717, 1.165) is 11.8 Å². The van der Waals surface area contributed by atoms with Crippen molar-refractivity contribution in [2.45, 2.75) is 24.3 Å². The number of carbonyl (C=O) groups is 2. The van der Waals surface area contributed by atoms with Crippen LogP contribution in [0, 0.1) is 5.82 Å². The van der Waals surface area contributed by atoms with Gasteiger partial charge in [-0.3, -0.25) is 9.59 Å². The van der Waals surface area contributed by atoms with Gasteiger partial charge in [-0.15, -0.1) is 10.2 Å². The summed E-state index contributed by atoms with van der Waals surface area (Å²) in [5.41, 5.74) is 1.49. The van der Waals surface area contributed by atoms with Gasteiger partial charge in [0, 0.05) is 11.1 Å². The zero-order chi connectivity index (χ0) is 19.4. The molecule has 0 unspecified atom stereocenters. The molecule has 27 heavy (non-hydrogen) atoms. The van der Waals surface area contributed by atoms with E-state index in [0.29, 0.717) is 16.8 Å². The fraction of sp³-hybridized carbons (Fsp3) is 0.158. The molecule has 1 heterocycles. The summed E-state index contributed by atoms with van der Waals surface area (Å²) in [6.45, 7) is 3.14. The number of hydrogen-bond donors (Lipinski definition) is 1. The van der Waals surface area contributed by atoms with E-state index in [2.05, 4.69) is 15.5 Å². The Bertz CT molecular complexity index is 972. The Hall–Kier alpha value is -3.00.